The molecular weight excluding hydrogens is 341 g/mol. The number of sulfone groups is 1. The Morgan fingerprint density at radius 2 is 1.71 bits per heavy atom. The smallest absolute Gasteiger partial charge is 0.300 e. The Balaban J connectivity index is 2.22. The third-order valence-corrected chi connectivity index (χ3v) is 5.28. The molecule has 2 aromatic heterocycles. The number of rotatable bonds is 3. The first kappa shape index (κ1) is 16.5. The highest BCUT2D eigenvalue weighted by Gasteiger charge is 2.39. The molecule has 0 amide bonds. The number of hydrogen-bond acceptors (Lipinski definition) is 3. The molecule has 2 heterocycles. The molecule has 24 heavy (non-hydrogen) atoms. The molecule has 0 N–H and O–H groups in total. The van der Waals surface area contributed by atoms with E-state index in [1.807, 2.05) is 0 Å². The Morgan fingerprint density at radius 1 is 1.04 bits per heavy atom. The molecule has 126 valence electrons. The lowest BCUT2D eigenvalue weighted by atomic mass is 10.3. The minimum absolute atomic E-state index is 0.0262. The summed E-state index contributed by atoms with van der Waals surface area (Å²) in [5.74, 6) is -0.780. The first-order valence-corrected chi connectivity index (χ1v) is 8.67. The van der Waals surface area contributed by atoms with Crippen LogP contribution in [-0.2, 0) is 21.8 Å². The normalized spacial score (nSPS) is 12.7. The Bertz CT molecular complexity index is 993. The van der Waals surface area contributed by atoms with Gasteiger partial charge in [-0.25, -0.2) is 13.4 Å². The van der Waals surface area contributed by atoms with Crippen molar-refractivity contribution < 1.29 is 21.6 Å². The van der Waals surface area contributed by atoms with Gasteiger partial charge in [0.05, 0.1) is 16.3 Å². The van der Waals surface area contributed by atoms with Gasteiger partial charge in [0, 0.05) is 5.69 Å². The maximum absolute atomic E-state index is 13.3. The third kappa shape index (κ3) is 2.89. The van der Waals surface area contributed by atoms with Crippen molar-refractivity contribution in [3.8, 4) is 0 Å². The number of benzene rings is 1. The van der Waals surface area contributed by atoms with E-state index < -0.39 is 27.5 Å². The van der Waals surface area contributed by atoms with Crippen LogP contribution in [0.5, 0.6) is 0 Å². The fraction of sp³-hybridized carbons (Fsp3) is 0.188. The summed E-state index contributed by atoms with van der Waals surface area (Å²) < 4.78 is 66.3. The monoisotopic (exact) mass is 354 g/mol. The van der Waals surface area contributed by atoms with Crippen LogP contribution in [0.15, 0.2) is 53.4 Å². The van der Waals surface area contributed by atoms with Gasteiger partial charge < -0.3 is 0 Å². The number of aryl methyl sites for hydroxylation is 1. The molecule has 0 unspecified atom stereocenters. The molecule has 0 saturated carbocycles. The summed E-state index contributed by atoms with van der Waals surface area (Å²) in [4.78, 5) is 3.57. The standard InChI is InChI=1S/C16H13F3N2O2S/c1-11-6-5-9-14-20-15(16(17,18)19)13(21(11)14)10-24(22,23)12-7-3-2-4-8-12/h2-9H,10H2,1H3. The molecule has 0 saturated heterocycles. The van der Waals surface area contributed by atoms with Crippen LogP contribution in [-0.4, -0.2) is 17.8 Å². The summed E-state index contributed by atoms with van der Waals surface area (Å²) in [6, 6.07) is 12.0. The van der Waals surface area contributed by atoms with Crippen molar-refractivity contribution in [3.05, 3.63) is 65.6 Å². The van der Waals surface area contributed by atoms with Crippen molar-refractivity contribution in [2.75, 3.05) is 0 Å². The zero-order valence-electron chi connectivity index (χ0n) is 12.6. The highest BCUT2D eigenvalue weighted by Crippen LogP contribution is 2.34. The molecule has 0 aliphatic carbocycles. The number of alkyl halides is 3. The van der Waals surface area contributed by atoms with E-state index in [-0.39, 0.29) is 16.2 Å². The van der Waals surface area contributed by atoms with Gasteiger partial charge in [0.25, 0.3) is 0 Å². The van der Waals surface area contributed by atoms with E-state index in [0.29, 0.717) is 5.69 Å². The quantitative estimate of drug-likeness (QED) is 0.722. The molecule has 0 aliphatic heterocycles. The van der Waals surface area contributed by atoms with Crippen molar-refractivity contribution in [1.29, 1.82) is 0 Å². The second kappa shape index (κ2) is 5.62. The van der Waals surface area contributed by atoms with Crippen molar-refractivity contribution in [3.63, 3.8) is 0 Å². The van der Waals surface area contributed by atoms with Gasteiger partial charge >= 0.3 is 6.18 Å². The number of fused-ring (bicyclic) bond motifs is 1. The van der Waals surface area contributed by atoms with Gasteiger partial charge in [0.1, 0.15) is 5.65 Å². The summed E-state index contributed by atoms with van der Waals surface area (Å²) in [6.07, 6.45) is -4.74. The number of nitrogens with zero attached hydrogens (tertiary/aromatic N) is 2. The summed E-state index contributed by atoms with van der Waals surface area (Å²) in [5, 5.41) is 0. The lowest BCUT2D eigenvalue weighted by Gasteiger charge is -2.10. The number of pyridine rings is 1. The van der Waals surface area contributed by atoms with Gasteiger partial charge in [0.2, 0.25) is 0 Å². The number of halogens is 3. The molecule has 3 aromatic rings. The van der Waals surface area contributed by atoms with Crippen molar-refractivity contribution in [2.45, 2.75) is 23.7 Å². The molecule has 0 aliphatic rings. The minimum Gasteiger partial charge on any atom is -0.300 e. The molecule has 3 rings (SSSR count). The average Bonchev–Trinajstić information content (AvgIpc) is 2.88. The fourth-order valence-electron chi connectivity index (χ4n) is 2.58. The van der Waals surface area contributed by atoms with Crippen LogP contribution in [0.4, 0.5) is 13.2 Å². The van der Waals surface area contributed by atoms with E-state index in [9.17, 15) is 21.6 Å². The lowest BCUT2D eigenvalue weighted by Crippen LogP contribution is -2.14. The molecule has 0 atom stereocenters. The highest BCUT2D eigenvalue weighted by atomic mass is 32.2. The Morgan fingerprint density at radius 3 is 2.33 bits per heavy atom. The van der Waals surface area contributed by atoms with E-state index in [1.54, 1.807) is 25.1 Å². The van der Waals surface area contributed by atoms with Crippen molar-refractivity contribution in [1.82, 2.24) is 9.38 Å². The van der Waals surface area contributed by atoms with Crippen LogP contribution in [0.1, 0.15) is 17.1 Å². The first-order valence-electron chi connectivity index (χ1n) is 7.02. The Labute approximate surface area is 136 Å². The third-order valence-electron chi connectivity index (χ3n) is 3.63. The van der Waals surface area contributed by atoms with Crippen LogP contribution < -0.4 is 0 Å². The van der Waals surface area contributed by atoms with Crippen LogP contribution in [0.2, 0.25) is 0 Å². The van der Waals surface area contributed by atoms with Crippen molar-refractivity contribution >= 4 is 15.5 Å². The summed E-state index contributed by atoms with van der Waals surface area (Å²) >= 11 is 0. The molecule has 1 aromatic carbocycles. The van der Waals surface area contributed by atoms with Gasteiger partial charge in [-0.2, -0.15) is 13.2 Å². The topological polar surface area (TPSA) is 51.4 Å². The van der Waals surface area contributed by atoms with E-state index in [1.165, 1.54) is 34.7 Å². The highest BCUT2D eigenvalue weighted by molar-refractivity contribution is 7.90. The zero-order chi connectivity index (χ0) is 17.5. The van der Waals surface area contributed by atoms with Crippen LogP contribution in [0.25, 0.3) is 5.65 Å². The summed E-state index contributed by atoms with van der Waals surface area (Å²) in [5.41, 5.74) is -0.995. The van der Waals surface area contributed by atoms with Gasteiger partial charge in [-0.05, 0) is 31.2 Å². The van der Waals surface area contributed by atoms with Crippen molar-refractivity contribution in [2.24, 2.45) is 0 Å². The summed E-state index contributed by atoms with van der Waals surface area (Å²) in [6.45, 7) is 1.60. The molecule has 0 bridgehead atoms. The molecule has 0 radical (unpaired) electrons. The van der Waals surface area contributed by atoms with Crippen LogP contribution in [0, 0.1) is 6.92 Å². The molecule has 8 heteroatoms. The molecule has 0 fully saturated rings. The second-order valence-corrected chi connectivity index (χ2v) is 7.33. The maximum atomic E-state index is 13.3. The van der Waals surface area contributed by atoms with Crippen LogP contribution >= 0.6 is 0 Å². The number of imidazole rings is 1. The van der Waals surface area contributed by atoms with Gasteiger partial charge in [-0.1, -0.05) is 24.3 Å². The first-order chi connectivity index (χ1) is 11.2. The Kier molecular flexibility index (Phi) is 3.87. The largest absolute Gasteiger partial charge is 0.435 e. The van der Waals surface area contributed by atoms with E-state index in [4.69, 9.17) is 0 Å². The predicted octanol–water partition coefficient (Wildman–Crippen LogP) is 3.64. The van der Waals surface area contributed by atoms with E-state index >= 15 is 0 Å². The predicted molar refractivity (Wildman–Crippen MR) is 82.3 cm³/mol. The number of aromatic nitrogens is 2. The fourth-order valence-corrected chi connectivity index (χ4v) is 3.94. The van der Waals surface area contributed by atoms with Gasteiger partial charge in [-0.15, -0.1) is 0 Å². The van der Waals surface area contributed by atoms with Gasteiger partial charge in [0.15, 0.2) is 15.5 Å². The maximum Gasteiger partial charge on any atom is 0.435 e. The molecular formula is C16H13F3N2O2S. The van der Waals surface area contributed by atoms with Crippen LogP contribution in [0.3, 0.4) is 0 Å². The van der Waals surface area contributed by atoms with E-state index in [0.717, 1.165) is 0 Å². The SMILES string of the molecule is Cc1cccc2nc(C(F)(F)F)c(CS(=O)(=O)c3ccccc3)n12. The van der Waals surface area contributed by atoms with Gasteiger partial charge in [-0.3, -0.25) is 4.40 Å². The van der Waals surface area contributed by atoms with E-state index in [2.05, 4.69) is 4.98 Å². The Hall–Kier alpha value is -2.35. The lowest BCUT2D eigenvalue weighted by molar-refractivity contribution is -0.141. The molecule has 4 nitrogen and oxygen atoms in total. The second-order valence-electron chi connectivity index (χ2n) is 5.34. The number of hydrogen-bond donors (Lipinski definition) is 0. The minimum atomic E-state index is -4.74. The molecule has 0 spiro atoms. The summed E-state index contributed by atoms with van der Waals surface area (Å²) in [7, 11) is -3.94. The average molecular weight is 354 g/mol. The zero-order valence-corrected chi connectivity index (χ0v) is 13.4.